The molecular weight excluding hydrogens is 231 g/mol. The lowest BCUT2D eigenvalue weighted by atomic mass is 10.1. The van der Waals surface area contributed by atoms with E-state index in [1.807, 2.05) is 0 Å². The molecule has 0 unspecified atom stereocenters. The summed E-state index contributed by atoms with van der Waals surface area (Å²) in [6.45, 7) is 0. The fraction of sp³-hybridized carbons (Fsp3) is 0.0833. The van der Waals surface area contributed by atoms with Gasteiger partial charge in [0.2, 0.25) is 0 Å². The van der Waals surface area contributed by atoms with E-state index in [-0.39, 0.29) is 17.2 Å². The maximum atomic E-state index is 12.9. The summed E-state index contributed by atoms with van der Waals surface area (Å²) in [7, 11) is 0. The van der Waals surface area contributed by atoms with Crippen LogP contribution in [0.1, 0.15) is 15.9 Å². The van der Waals surface area contributed by atoms with Crippen LogP contribution in [0.15, 0.2) is 41.2 Å². The van der Waals surface area contributed by atoms with Gasteiger partial charge in [0.1, 0.15) is 5.82 Å². The zero-order valence-corrected chi connectivity index (χ0v) is 9.00. The van der Waals surface area contributed by atoms with Gasteiger partial charge in [-0.05, 0) is 29.8 Å². The predicted octanol–water partition coefficient (Wildman–Crippen LogP) is 3.50. The Morgan fingerprint density at radius 1 is 1.38 bits per heavy atom. The van der Waals surface area contributed by atoms with Crippen LogP contribution < -0.4 is 0 Å². The van der Waals surface area contributed by atoms with Crippen LogP contribution >= 0.6 is 11.6 Å². The summed E-state index contributed by atoms with van der Waals surface area (Å²) in [5.41, 5.74) is 1.18. The molecule has 0 spiro atoms. The quantitative estimate of drug-likeness (QED) is 0.766. The maximum Gasteiger partial charge on any atom is 0.167 e. The Hall–Kier alpha value is -1.61. The molecule has 1 aromatic carbocycles. The lowest BCUT2D eigenvalue weighted by Crippen LogP contribution is -2.02. The second kappa shape index (κ2) is 4.49. The first-order chi connectivity index (χ1) is 7.66. The Morgan fingerprint density at radius 2 is 2.19 bits per heavy atom. The number of ketones is 1. The maximum absolute atomic E-state index is 12.9. The topological polar surface area (TPSA) is 30.2 Å². The number of rotatable bonds is 3. The number of carbonyl (C=O) groups is 1. The van der Waals surface area contributed by atoms with Gasteiger partial charge in [0.15, 0.2) is 5.78 Å². The average Bonchev–Trinajstić information content (AvgIpc) is 2.74. The molecule has 0 saturated carbocycles. The second-order valence-electron chi connectivity index (χ2n) is 3.36. The molecule has 0 amide bonds. The molecule has 1 heterocycles. The SMILES string of the molecule is O=C(Cc1ccoc1)c1ccc(F)c(Cl)c1. The molecule has 4 heteroatoms. The van der Waals surface area contributed by atoms with Gasteiger partial charge in [-0.3, -0.25) is 4.79 Å². The van der Waals surface area contributed by atoms with E-state index < -0.39 is 5.82 Å². The monoisotopic (exact) mass is 238 g/mol. The highest BCUT2D eigenvalue weighted by Crippen LogP contribution is 2.17. The average molecular weight is 239 g/mol. The van der Waals surface area contributed by atoms with Gasteiger partial charge in [-0.1, -0.05) is 11.6 Å². The van der Waals surface area contributed by atoms with E-state index >= 15 is 0 Å². The third-order valence-electron chi connectivity index (χ3n) is 2.19. The summed E-state index contributed by atoms with van der Waals surface area (Å²) in [6, 6.07) is 5.65. The molecule has 2 rings (SSSR count). The minimum absolute atomic E-state index is 0.0435. The molecule has 2 nitrogen and oxygen atoms in total. The van der Waals surface area contributed by atoms with Crippen molar-refractivity contribution in [3.8, 4) is 0 Å². The molecule has 0 aliphatic heterocycles. The summed E-state index contributed by atoms with van der Waals surface area (Å²) in [4.78, 5) is 11.8. The molecule has 0 bridgehead atoms. The van der Waals surface area contributed by atoms with Crippen LogP contribution in [0.5, 0.6) is 0 Å². The molecular formula is C12H8ClFO2. The zero-order valence-electron chi connectivity index (χ0n) is 8.24. The molecule has 0 radical (unpaired) electrons. The summed E-state index contributed by atoms with van der Waals surface area (Å²) in [5.74, 6) is -0.648. The molecule has 0 N–H and O–H groups in total. The Balaban J connectivity index is 2.18. The number of furan rings is 1. The molecule has 0 aliphatic rings. The van der Waals surface area contributed by atoms with Gasteiger partial charge in [-0.25, -0.2) is 4.39 Å². The van der Waals surface area contributed by atoms with Crippen LogP contribution in [0, 0.1) is 5.82 Å². The van der Waals surface area contributed by atoms with Gasteiger partial charge in [0, 0.05) is 12.0 Å². The molecule has 1 aromatic heterocycles. The van der Waals surface area contributed by atoms with Gasteiger partial charge >= 0.3 is 0 Å². The van der Waals surface area contributed by atoms with Gasteiger partial charge in [-0.15, -0.1) is 0 Å². The van der Waals surface area contributed by atoms with E-state index in [2.05, 4.69) is 0 Å². The lowest BCUT2D eigenvalue weighted by Gasteiger charge is -2.00. The standard InChI is InChI=1S/C12H8ClFO2/c13-10-6-9(1-2-11(10)14)12(15)5-8-3-4-16-7-8/h1-4,6-7H,5H2. The van der Waals surface area contributed by atoms with Crippen molar-refractivity contribution in [3.05, 3.63) is 58.8 Å². The summed E-state index contributed by atoms with van der Waals surface area (Å²) in [6.07, 6.45) is 3.22. The fourth-order valence-corrected chi connectivity index (χ4v) is 1.53. The Morgan fingerprint density at radius 3 is 2.81 bits per heavy atom. The fourth-order valence-electron chi connectivity index (χ4n) is 1.35. The van der Waals surface area contributed by atoms with Gasteiger partial charge < -0.3 is 4.42 Å². The summed E-state index contributed by atoms with van der Waals surface area (Å²) in [5, 5.41) is -0.0435. The van der Waals surface area contributed by atoms with Crippen molar-refractivity contribution in [1.82, 2.24) is 0 Å². The Kier molecular flexibility index (Phi) is 3.06. The molecule has 0 atom stereocenters. The Labute approximate surface area is 96.6 Å². The Bertz CT molecular complexity index is 506. The smallest absolute Gasteiger partial charge is 0.167 e. The summed E-state index contributed by atoms with van der Waals surface area (Å²) < 4.78 is 17.7. The third-order valence-corrected chi connectivity index (χ3v) is 2.48. The molecule has 0 fully saturated rings. The number of hydrogen-bond acceptors (Lipinski definition) is 2. The van der Waals surface area contributed by atoms with E-state index in [4.69, 9.17) is 16.0 Å². The van der Waals surface area contributed by atoms with E-state index in [0.717, 1.165) is 5.56 Å². The van der Waals surface area contributed by atoms with E-state index in [0.29, 0.717) is 5.56 Å². The number of halogens is 2. The number of hydrogen-bond donors (Lipinski definition) is 0. The van der Waals surface area contributed by atoms with Crippen molar-refractivity contribution in [2.45, 2.75) is 6.42 Å². The zero-order chi connectivity index (χ0) is 11.5. The van der Waals surface area contributed by atoms with Crippen molar-refractivity contribution in [2.75, 3.05) is 0 Å². The minimum atomic E-state index is -0.526. The minimum Gasteiger partial charge on any atom is -0.472 e. The molecule has 2 aromatic rings. The third kappa shape index (κ3) is 2.31. The van der Waals surface area contributed by atoms with E-state index in [1.54, 1.807) is 6.07 Å². The van der Waals surface area contributed by atoms with Crippen LogP contribution in [0.4, 0.5) is 4.39 Å². The van der Waals surface area contributed by atoms with Crippen molar-refractivity contribution < 1.29 is 13.6 Å². The highest BCUT2D eigenvalue weighted by molar-refractivity contribution is 6.31. The highest BCUT2D eigenvalue weighted by Gasteiger charge is 2.10. The van der Waals surface area contributed by atoms with Crippen LogP contribution in [0.25, 0.3) is 0 Å². The van der Waals surface area contributed by atoms with Gasteiger partial charge in [0.05, 0.1) is 17.5 Å². The summed E-state index contributed by atoms with van der Waals surface area (Å²) >= 11 is 5.59. The van der Waals surface area contributed by atoms with Crippen molar-refractivity contribution in [3.63, 3.8) is 0 Å². The number of Topliss-reactive ketones (excluding diaryl/α,β-unsaturated/α-hetero) is 1. The molecule has 82 valence electrons. The van der Waals surface area contributed by atoms with Crippen LogP contribution in [-0.2, 0) is 6.42 Å². The van der Waals surface area contributed by atoms with E-state index in [1.165, 1.54) is 30.7 Å². The first kappa shape index (κ1) is 10.9. The van der Waals surface area contributed by atoms with Crippen LogP contribution in [-0.4, -0.2) is 5.78 Å². The number of benzene rings is 1. The van der Waals surface area contributed by atoms with Gasteiger partial charge in [0.25, 0.3) is 0 Å². The first-order valence-electron chi connectivity index (χ1n) is 4.66. The number of carbonyl (C=O) groups excluding carboxylic acids is 1. The second-order valence-corrected chi connectivity index (χ2v) is 3.77. The molecule has 16 heavy (non-hydrogen) atoms. The highest BCUT2D eigenvalue weighted by atomic mass is 35.5. The van der Waals surface area contributed by atoms with Crippen molar-refractivity contribution >= 4 is 17.4 Å². The van der Waals surface area contributed by atoms with Crippen molar-refractivity contribution in [1.29, 1.82) is 0 Å². The first-order valence-corrected chi connectivity index (χ1v) is 5.04. The molecule has 0 aliphatic carbocycles. The van der Waals surface area contributed by atoms with E-state index in [9.17, 15) is 9.18 Å². The predicted molar refractivity (Wildman–Crippen MR) is 58.2 cm³/mol. The normalized spacial score (nSPS) is 10.4. The van der Waals surface area contributed by atoms with Gasteiger partial charge in [-0.2, -0.15) is 0 Å². The van der Waals surface area contributed by atoms with Crippen LogP contribution in [0.2, 0.25) is 5.02 Å². The van der Waals surface area contributed by atoms with Crippen LogP contribution in [0.3, 0.4) is 0 Å². The van der Waals surface area contributed by atoms with Crippen molar-refractivity contribution in [2.24, 2.45) is 0 Å². The largest absolute Gasteiger partial charge is 0.472 e. The lowest BCUT2D eigenvalue weighted by molar-refractivity contribution is 0.0992. The molecule has 0 saturated heterocycles.